The predicted octanol–water partition coefficient (Wildman–Crippen LogP) is 5.08. The molecule has 1 aromatic rings. The molecule has 0 aromatic heterocycles. The molecule has 1 fully saturated rings. The van der Waals surface area contributed by atoms with E-state index in [0.29, 0.717) is 11.5 Å². The van der Waals surface area contributed by atoms with Gasteiger partial charge in [0.05, 0.1) is 0 Å². The maximum atomic E-state index is 13.7. The highest BCUT2D eigenvalue weighted by Crippen LogP contribution is 2.74. The Balaban J connectivity index is 2.31. The maximum absolute atomic E-state index is 13.7. The van der Waals surface area contributed by atoms with Gasteiger partial charge in [0, 0.05) is 16.5 Å². The molecule has 1 saturated carbocycles. The Hall–Kier alpha value is -0.440. The van der Waals surface area contributed by atoms with Gasteiger partial charge in [-0.1, -0.05) is 49.7 Å². The first kappa shape index (κ1) is 13.0. The second kappa shape index (κ2) is 3.78. The van der Waals surface area contributed by atoms with E-state index in [1.807, 2.05) is 0 Å². The number of hydrogen-bond donors (Lipinski definition) is 0. The molecule has 0 heterocycles. The summed E-state index contributed by atoms with van der Waals surface area (Å²) < 4.78 is 26.6. The number of hydrogen-bond acceptors (Lipinski definition) is 0. The fourth-order valence-electron chi connectivity index (χ4n) is 2.88. The summed E-state index contributed by atoms with van der Waals surface area (Å²) in [5, 5.41) is 0. The van der Waals surface area contributed by atoms with E-state index in [9.17, 15) is 8.78 Å². The first-order valence-electron chi connectivity index (χ1n) is 5.78. The van der Waals surface area contributed by atoms with Gasteiger partial charge in [0.2, 0.25) is 0 Å². The van der Waals surface area contributed by atoms with Crippen LogP contribution < -0.4 is 0 Å². The van der Waals surface area contributed by atoms with Crippen LogP contribution in [0.3, 0.4) is 0 Å². The molecule has 1 aliphatic carbocycles. The summed E-state index contributed by atoms with van der Waals surface area (Å²) in [5.41, 5.74) is 0.888. The van der Waals surface area contributed by atoms with Crippen molar-refractivity contribution in [2.45, 2.75) is 32.5 Å². The summed E-state index contributed by atoms with van der Waals surface area (Å²) in [6, 6.07) is 3.80. The highest BCUT2D eigenvalue weighted by molar-refractivity contribution is 9.09. The zero-order chi connectivity index (χ0) is 13.0. The lowest BCUT2D eigenvalue weighted by atomic mass is 10.0. The van der Waals surface area contributed by atoms with Crippen LogP contribution in [0.2, 0.25) is 0 Å². The van der Waals surface area contributed by atoms with E-state index in [0.717, 1.165) is 6.07 Å². The van der Waals surface area contributed by atoms with Gasteiger partial charge in [0.1, 0.15) is 11.6 Å². The molecule has 17 heavy (non-hydrogen) atoms. The van der Waals surface area contributed by atoms with Crippen LogP contribution >= 0.6 is 15.9 Å². The summed E-state index contributed by atoms with van der Waals surface area (Å²) in [7, 11) is 0. The summed E-state index contributed by atoms with van der Waals surface area (Å²) in [4.78, 5) is -0.0619. The Bertz CT molecular complexity index is 438. The summed E-state index contributed by atoms with van der Waals surface area (Å²) in [6.45, 7) is 8.75. The van der Waals surface area contributed by atoms with Crippen molar-refractivity contribution in [1.29, 1.82) is 0 Å². The first-order chi connectivity index (χ1) is 7.69. The van der Waals surface area contributed by atoms with E-state index in [1.165, 1.54) is 12.1 Å². The maximum Gasteiger partial charge on any atom is 0.130 e. The van der Waals surface area contributed by atoms with Crippen molar-refractivity contribution in [3.8, 4) is 0 Å². The molecular formula is C14H17BrF2. The van der Waals surface area contributed by atoms with Gasteiger partial charge in [0.25, 0.3) is 0 Å². The van der Waals surface area contributed by atoms with Crippen molar-refractivity contribution in [1.82, 2.24) is 0 Å². The lowest BCUT2D eigenvalue weighted by Gasteiger charge is -2.13. The van der Waals surface area contributed by atoms with Crippen LogP contribution in [0.4, 0.5) is 8.78 Å². The van der Waals surface area contributed by atoms with Gasteiger partial charge in [0.15, 0.2) is 0 Å². The molecule has 1 atom stereocenters. The van der Waals surface area contributed by atoms with Crippen LogP contribution in [0.1, 0.15) is 38.1 Å². The molecule has 94 valence electrons. The smallest absolute Gasteiger partial charge is 0.130 e. The van der Waals surface area contributed by atoms with Gasteiger partial charge in [-0.05, 0) is 22.8 Å². The molecular weight excluding hydrogens is 286 g/mol. The SMILES string of the molecule is CC1(C)C(C(Br)c2ccc(F)cc2F)C1(C)C. The summed E-state index contributed by atoms with van der Waals surface area (Å²) >= 11 is 3.58. The molecule has 2 rings (SSSR count). The second-order valence-corrected chi connectivity index (χ2v) is 6.98. The molecule has 0 nitrogen and oxygen atoms in total. The molecule has 1 aromatic carbocycles. The third kappa shape index (κ3) is 1.83. The van der Waals surface area contributed by atoms with Crippen molar-refractivity contribution < 1.29 is 8.78 Å². The minimum absolute atomic E-state index is 0.0619. The van der Waals surface area contributed by atoms with Crippen LogP contribution in [-0.2, 0) is 0 Å². The fourth-order valence-corrected chi connectivity index (χ4v) is 4.58. The lowest BCUT2D eigenvalue weighted by Crippen LogP contribution is -2.02. The zero-order valence-electron chi connectivity index (χ0n) is 10.5. The molecule has 3 heteroatoms. The minimum Gasteiger partial charge on any atom is -0.207 e. The van der Waals surface area contributed by atoms with Gasteiger partial charge >= 0.3 is 0 Å². The van der Waals surface area contributed by atoms with Gasteiger partial charge in [-0.25, -0.2) is 8.78 Å². The average Bonchev–Trinajstić information content (AvgIpc) is 2.56. The standard InChI is InChI=1S/C14H17BrF2/c1-13(2)12(14(13,3)4)11(15)9-6-5-8(16)7-10(9)17/h5-7,11-12H,1-4H3. The zero-order valence-corrected chi connectivity index (χ0v) is 12.1. The van der Waals surface area contributed by atoms with Crippen molar-refractivity contribution in [2.24, 2.45) is 16.7 Å². The molecule has 0 aliphatic heterocycles. The minimum atomic E-state index is -0.528. The average molecular weight is 303 g/mol. The van der Waals surface area contributed by atoms with Crippen LogP contribution in [0.5, 0.6) is 0 Å². The first-order valence-corrected chi connectivity index (χ1v) is 6.70. The largest absolute Gasteiger partial charge is 0.207 e. The number of alkyl halides is 1. The Morgan fingerprint density at radius 1 is 1.12 bits per heavy atom. The van der Waals surface area contributed by atoms with E-state index >= 15 is 0 Å². The molecule has 0 saturated heterocycles. The Morgan fingerprint density at radius 3 is 2.06 bits per heavy atom. The highest BCUT2D eigenvalue weighted by atomic mass is 79.9. The molecule has 0 radical (unpaired) electrons. The van der Waals surface area contributed by atoms with Crippen molar-refractivity contribution in [2.75, 3.05) is 0 Å². The van der Waals surface area contributed by atoms with Crippen LogP contribution in [0.15, 0.2) is 18.2 Å². The molecule has 0 amide bonds. The summed E-state index contributed by atoms with van der Waals surface area (Å²) in [6.07, 6.45) is 0. The number of halogens is 3. The van der Waals surface area contributed by atoms with Crippen molar-refractivity contribution in [3.63, 3.8) is 0 Å². The lowest BCUT2D eigenvalue weighted by molar-refractivity contribution is 0.457. The van der Waals surface area contributed by atoms with Crippen LogP contribution in [-0.4, -0.2) is 0 Å². The Kier molecular flexibility index (Phi) is 2.89. The fraction of sp³-hybridized carbons (Fsp3) is 0.571. The van der Waals surface area contributed by atoms with Gasteiger partial charge in [-0.15, -0.1) is 0 Å². The normalized spacial score (nSPS) is 23.5. The topological polar surface area (TPSA) is 0 Å². The second-order valence-electron chi connectivity index (χ2n) is 5.99. The Labute approximate surface area is 110 Å². The molecule has 1 aliphatic rings. The van der Waals surface area contributed by atoms with E-state index < -0.39 is 11.6 Å². The monoisotopic (exact) mass is 302 g/mol. The third-order valence-electron chi connectivity index (χ3n) is 4.68. The van der Waals surface area contributed by atoms with E-state index in [-0.39, 0.29) is 15.7 Å². The number of benzene rings is 1. The van der Waals surface area contributed by atoms with Crippen molar-refractivity contribution >= 4 is 15.9 Å². The van der Waals surface area contributed by atoms with Crippen molar-refractivity contribution in [3.05, 3.63) is 35.4 Å². The Morgan fingerprint density at radius 2 is 1.65 bits per heavy atom. The molecule has 1 unspecified atom stereocenters. The van der Waals surface area contributed by atoms with E-state index in [2.05, 4.69) is 43.6 Å². The third-order valence-corrected chi connectivity index (χ3v) is 5.71. The molecule has 0 N–H and O–H groups in total. The summed E-state index contributed by atoms with van der Waals surface area (Å²) in [5.74, 6) is -0.638. The van der Waals surface area contributed by atoms with E-state index in [1.54, 1.807) is 0 Å². The van der Waals surface area contributed by atoms with Gasteiger partial charge in [-0.2, -0.15) is 0 Å². The van der Waals surface area contributed by atoms with Crippen LogP contribution in [0, 0.1) is 28.4 Å². The molecule has 0 spiro atoms. The highest BCUT2D eigenvalue weighted by Gasteiger charge is 2.67. The van der Waals surface area contributed by atoms with Crippen LogP contribution in [0.25, 0.3) is 0 Å². The van der Waals surface area contributed by atoms with Gasteiger partial charge < -0.3 is 0 Å². The predicted molar refractivity (Wildman–Crippen MR) is 69.1 cm³/mol. The van der Waals surface area contributed by atoms with E-state index in [4.69, 9.17) is 0 Å². The molecule has 0 bridgehead atoms. The van der Waals surface area contributed by atoms with Gasteiger partial charge in [-0.3, -0.25) is 0 Å². The quantitative estimate of drug-likeness (QED) is 0.668. The number of rotatable bonds is 2.